The van der Waals surface area contributed by atoms with E-state index in [0.29, 0.717) is 0 Å². The lowest BCUT2D eigenvalue weighted by Crippen LogP contribution is -1.97. The molecular formula is CH4Cl3Si+. The van der Waals surface area contributed by atoms with Gasteiger partial charge in [0.25, 0.3) is 0 Å². The van der Waals surface area contributed by atoms with Crippen molar-refractivity contribution in [1.82, 2.24) is 0 Å². The van der Waals surface area contributed by atoms with Crippen molar-refractivity contribution in [2.24, 2.45) is 0 Å². The summed E-state index contributed by atoms with van der Waals surface area (Å²) in [5, 5.41) is 0. The molecule has 32 valence electrons. The zero-order valence-corrected chi connectivity index (χ0v) is 5.90. The SMILES string of the molecule is C[Si](Cl)(Cl)Cl.[H+]. The Balaban J connectivity index is 0. The molecule has 0 unspecified atom stereocenters. The van der Waals surface area contributed by atoms with Crippen LogP contribution < -0.4 is 0 Å². The summed E-state index contributed by atoms with van der Waals surface area (Å²) < 4.78 is 0. The summed E-state index contributed by atoms with van der Waals surface area (Å²) in [5.41, 5.74) is 0. The van der Waals surface area contributed by atoms with Gasteiger partial charge in [-0.3, -0.25) is 0 Å². The molecule has 0 aromatic carbocycles. The molecule has 0 bridgehead atoms. The summed E-state index contributed by atoms with van der Waals surface area (Å²) >= 11 is 15.6. The molecule has 0 saturated heterocycles. The molecule has 0 spiro atoms. The summed E-state index contributed by atoms with van der Waals surface area (Å²) in [6, 6.07) is -2.19. The van der Waals surface area contributed by atoms with E-state index in [-0.39, 0.29) is 1.43 Å². The van der Waals surface area contributed by atoms with Crippen LogP contribution in [0.3, 0.4) is 0 Å². The second-order valence-electron chi connectivity index (χ2n) is 0.781. The van der Waals surface area contributed by atoms with Gasteiger partial charge in [0.1, 0.15) is 0 Å². The van der Waals surface area contributed by atoms with Gasteiger partial charge in [0.15, 0.2) is 0 Å². The van der Waals surface area contributed by atoms with E-state index in [1.54, 1.807) is 6.55 Å². The maximum Gasteiger partial charge on any atom is 1.00 e. The summed E-state index contributed by atoms with van der Waals surface area (Å²) in [6.07, 6.45) is 0. The van der Waals surface area contributed by atoms with Crippen molar-refractivity contribution < 1.29 is 1.43 Å². The number of hydrogen-bond acceptors (Lipinski definition) is 0. The van der Waals surface area contributed by atoms with E-state index in [1.807, 2.05) is 0 Å². The van der Waals surface area contributed by atoms with E-state index in [4.69, 9.17) is 33.2 Å². The maximum atomic E-state index is 5.20. The van der Waals surface area contributed by atoms with Crippen molar-refractivity contribution in [2.75, 3.05) is 0 Å². The van der Waals surface area contributed by atoms with Gasteiger partial charge >= 0.3 is 7.43 Å². The van der Waals surface area contributed by atoms with Gasteiger partial charge < -0.3 is 0 Å². The number of halogens is 3. The molecule has 5 heavy (non-hydrogen) atoms. The predicted molar refractivity (Wildman–Crippen MR) is 30.3 cm³/mol. The van der Waals surface area contributed by atoms with E-state index in [2.05, 4.69) is 0 Å². The Morgan fingerprint density at radius 3 is 1.40 bits per heavy atom. The zero-order chi connectivity index (χ0) is 4.50. The average molecular weight is 150 g/mol. The quantitative estimate of drug-likeness (QED) is 0.367. The zero-order valence-electron chi connectivity index (χ0n) is 3.63. The second kappa shape index (κ2) is 1.69. The molecule has 0 atom stereocenters. The first-order valence-corrected chi connectivity index (χ1v) is 6.60. The van der Waals surface area contributed by atoms with Crippen LogP contribution in [0, 0.1) is 0 Å². The molecule has 0 aliphatic carbocycles. The molecule has 0 radical (unpaired) electrons. The largest absolute Gasteiger partial charge is 1.00 e. The summed E-state index contributed by atoms with van der Waals surface area (Å²) in [6.45, 7) is 1.62. The van der Waals surface area contributed by atoms with Gasteiger partial charge in [-0.05, 0) is 6.55 Å². The van der Waals surface area contributed by atoms with E-state index in [9.17, 15) is 0 Å². The van der Waals surface area contributed by atoms with Gasteiger partial charge in [-0.15, -0.1) is 33.2 Å². The fourth-order valence-electron chi connectivity index (χ4n) is 0. The van der Waals surface area contributed by atoms with Crippen molar-refractivity contribution in [3.8, 4) is 0 Å². The van der Waals surface area contributed by atoms with E-state index in [1.165, 1.54) is 0 Å². The van der Waals surface area contributed by atoms with Gasteiger partial charge in [0, 0.05) is 0 Å². The lowest BCUT2D eigenvalue weighted by molar-refractivity contribution is 2.31. The van der Waals surface area contributed by atoms with Gasteiger partial charge in [-0.2, -0.15) is 0 Å². The van der Waals surface area contributed by atoms with Crippen LogP contribution in [0.25, 0.3) is 0 Å². The third kappa shape index (κ3) is 41.0. The monoisotopic (exact) mass is 149 g/mol. The molecule has 0 aliphatic rings. The fourth-order valence-corrected chi connectivity index (χ4v) is 0. The van der Waals surface area contributed by atoms with Gasteiger partial charge in [0.2, 0.25) is 0 Å². The van der Waals surface area contributed by atoms with Gasteiger partial charge in [-0.1, -0.05) is 0 Å². The minimum absolute atomic E-state index is 0. The van der Waals surface area contributed by atoms with Crippen LogP contribution in [-0.2, 0) is 0 Å². The van der Waals surface area contributed by atoms with Crippen LogP contribution >= 0.6 is 33.2 Å². The summed E-state index contributed by atoms with van der Waals surface area (Å²) in [4.78, 5) is 0. The van der Waals surface area contributed by atoms with Crippen LogP contribution in [0.1, 0.15) is 1.43 Å². The molecule has 0 heterocycles. The van der Waals surface area contributed by atoms with Gasteiger partial charge in [0.05, 0.1) is 0 Å². The van der Waals surface area contributed by atoms with Crippen molar-refractivity contribution in [1.29, 1.82) is 0 Å². The molecule has 0 amide bonds. The van der Waals surface area contributed by atoms with E-state index in [0.717, 1.165) is 0 Å². The van der Waals surface area contributed by atoms with Crippen molar-refractivity contribution in [3.63, 3.8) is 0 Å². The smallest absolute Gasteiger partial charge is 0.126 e. The molecule has 0 fully saturated rings. The molecule has 0 N–H and O–H groups in total. The molecular weight excluding hydrogens is 146 g/mol. The molecule has 0 aromatic rings. The highest BCUT2D eigenvalue weighted by molar-refractivity contribution is 7.64. The highest BCUT2D eigenvalue weighted by Gasteiger charge is 2.13. The molecule has 0 saturated carbocycles. The van der Waals surface area contributed by atoms with E-state index < -0.39 is 6.00 Å². The Morgan fingerprint density at radius 1 is 1.40 bits per heavy atom. The number of rotatable bonds is 0. The van der Waals surface area contributed by atoms with E-state index >= 15 is 0 Å². The first-order valence-electron chi connectivity index (χ1n) is 1.07. The van der Waals surface area contributed by atoms with Crippen LogP contribution in [0.4, 0.5) is 0 Å². The molecule has 0 aromatic heterocycles. The lowest BCUT2D eigenvalue weighted by Gasteiger charge is -1.89. The highest BCUT2D eigenvalue weighted by Crippen LogP contribution is 2.17. The molecule has 0 aliphatic heterocycles. The maximum absolute atomic E-state index is 5.20. The standard InChI is InChI=1S/CH3Cl3Si/c1-5(2,3)4/h1H3/p+1. The first kappa shape index (κ1) is 6.09. The molecule has 0 rings (SSSR count). The normalized spacial score (nSPS) is 12.0. The number of hydrogen-bond donors (Lipinski definition) is 0. The van der Waals surface area contributed by atoms with Crippen molar-refractivity contribution in [3.05, 3.63) is 0 Å². The van der Waals surface area contributed by atoms with Crippen molar-refractivity contribution in [2.45, 2.75) is 6.55 Å². The Morgan fingerprint density at radius 2 is 1.40 bits per heavy atom. The average Bonchev–Trinajstić information content (AvgIpc) is 0.722. The van der Waals surface area contributed by atoms with Crippen LogP contribution in [0.2, 0.25) is 6.55 Å². The Hall–Kier alpha value is 1.09. The first-order chi connectivity index (χ1) is 2.00. The van der Waals surface area contributed by atoms with Gasteiger partial charge in [-0.25, -0.2) is 0 Å². The lowest BCUT2D eigenvalue weighted by atomic mass is 11.9. The third-order valence-corrected chi connectivity index (χ3v) is 0. The van der Waals surface area contributed by atoms with Crippen LogP contribution in [0.15, 0.2) is 0 Å². The predicted octanol–water partition coefficient (Wildman–Crippen LogP) is 2.38. The summed E-state index contributed by atoms with van der Waals surface area (Å²) in [7, 11) is 0. The Bertz CT molecular complexity index is 26.3. The Labute approximate surface area is 47.6 Å². The third-order valence-electron chi connectivity index (χ3n) is 0. The van der Waals surface area contributed by atoms with Crippen LogP contribution in [0.5, 0.6) is 0 Å². The molecule has 0 nitrogen and oxygen atoms in total. The molecule has 4 heteroatoms. The van der Waals surface area contributed by atoms with Crippen molar-refractivity contribution >= 4 is 39.2 Å². The second-order valence-corrected chi connectivity index (χ2v) is 10.9. The Kier molecular flexibility index (Phi) is 2.06. The topological polar surface area (TPSA) is 0 Å². The highest BCUT2D eigenvalue weighted by atomic mass is 35.8. The van der Waals surface area contributed by atoms with Crippen LogP contribution in [-0.4, -0.2) is 6.00 Å². The minimum Gasteiger partial charge on any atom is -0.126 e. The summed E-state index contributed by atoms with van der Waals surface area (Å²) in [5.74, 6) is 0. The minimum atomic E-state index is -2.19. The fraction of sp³-hybridized carbons (Fsp3) is 1.00.